The number of nitrogens with two attached hydrogens (primary N) is 1. The predicted molar refractivity (Wildman–Crippen MR) is 63.6 cm³/mol. The Labute approximate surface area is 93.8 Å². The number of fused-ring (bicyclic) bond motifs is 1. The third-order valence-corrected chi connectivity index (χ3v) is 5.28. The molecule has 0 aromatic carbocycles. The van der Waals surface area contributed by atoms with Crippen LogP contribution in [0.15, 0.2) is 0 Å². The van der Waals surface area contributed by atoms with Crippen molar-refractivity contribution in [1.29, 1.82) is 0 Å². The van der Waals surface area contributed by atoms with Crippen molar-refractivity contribution in [1.82, 2.24) is 0 Å². The van der Waals surface area contributed by atoms with Gasteiger partial charge in [-0.3, -0.25) is 0 Å². The third-order valence-electron chi connectivity index (χ3n) is 5.28. The Morgan fingerprint density at radius 1 is 1.00 bits per heavy atom. The molecule has 2 N–H and O–H groups in total. The number of hydrogen-bond acceptors (Lipinski definition) is 1. The van der Waals surface area contributed by atoms with Gasteiger partial charge < -0.3 is 5.73 Å². The first-order chi connectivity index (χ1) is 7.25. The van der Waals surface area contributed by atoms with E-state index in [1.165, 1.54) is 51.4 Å². The SMILES string of the molecule is NC1(CCC2CC3CCCCC3C2)CC1. The molecule has 3 fully saturated rings. The second kappa shape index (κ2) is 3.76. The van der Waals surface area contributed by atoms with E-state index in [4.69, 9.17) is 5.73 Å². The maximum Gasteiger partial charge on any atom is 0.0155 e. The second-order valence-corrected chi connectivity index (χ2v) is 6.54. The summed E-state index contributed by atoms with van der Waals surface area (Å²) in [5.41, 5.74) is 6.47. The molecule has 3 saturated carbocycles. The van der Waals surface area contributed by atoms with Gasteiger partial charge in [-0.2, -0.15) is 0 Å². The maximum absolute atomic E-state index is 6.17. The molecule has 3 rings (SSSR count). The highest BCUT2D eigenvalue weighted by Crippen LogP contribution is 2.48. The van der Waals surface area contributed by atoms with Gasteiger partial charge in [0.25, 0.3) is 0 Å². The normalized spacial score (nSPS) is 42.6. The summed E-state index contributed by atoms with van der Waals surface area (Å²) in [6.45, 7) is 0. The molecule has 3 aliphatic carbocycles. The lowest BCUT2D eigenvalue weighted by Crippen LogP contribution is -2.22. The number of rotatable bonds is 3. The van der Waals surface area contributed by atoms with Crippen LogP contribution in [-0.4, -0.2) is 5.54 Å². The first-order valence-electron chi connectivity index (χ1n) is 7.04. The molecular formula is C14H25N. The van der Waals surface area contributed by atoms with E-state index >= 15 is 0 Å². The van der Waals surface area contributed by atoms with Crippen LogP contribution in [0.25, 0.3) is 0 Å². The van der Waals surface area contributed by atoms with Crippen LogP contribution in [0.5, 0.6) is 0 Å². The summed E-state index contributed by atoms with van der Waals surface area (Å²) < 4.78 is 0. The first kappa shape index (κ1) is 10.1. The molecule has 2 atom stereocenters. The zero-order valence-corrected chi connectivity index (χ0v) is 9.88. The van der Waals surface area contributed by atoms with E-state index in [0.29, 0.717) is 5.54 Å². The maximum atomic E-state index is 6.17. The van der Waals surface area contributed by atoms with Gasteiger partial charge in [0.05, 0.1) is 0 Å². The van der Waals surface area contributed by atoms with Gasteiger partial charge >= 0.3 is 0 Å². The van der Waals surface area contributed by atoms with Crippen LogP contribution in [-0.2, 0) is 0 Å². The molecular weight excluding hydrogens is 182 g/mol. The molecule has 1 nitrogen and oxygen atoms in total. The van der Waals surface area contributed by atoms with E-state index in [1.54, 1.807) is 12.8 Å². The minimum absolute atomic E-state index is 0.299. The van der Waals surface area contributed by atoms with Gasteiger partial charge in [-0.15, -0.1) is 0 Å². The van der Waals surface area contributed by atoms with Crippen LogP contribution < -0.4 is 5.73 Å². The quantitative estimate of drug-likeness (QED) is 0.753. The Kier molecular flexibility index (Phi) is 2.54. The van der Waals surface area contributed by atoms with E-state index in [1.807, 2.05) is 0 Å². The summed E-state index contributed by atoms with van der Waals surface area (Å²) in [7, 11) is 0. The first-order valence-corrected chi connectivity index (χ1v) is 7.04. The smallest absolute Gasteiger partial charge is 0.0155 e. The molecule has 1 heteroatoms. The fraction of sp³-hybridized carbons (Fsp3) is 1.00. The monoisotopic (exact) mass is 207 g/mol. The van der Waals surface area contributed by atoms with Crippen molar-refractivity contribution in [2.24, 2.45) is 23.5 Å². The van der Waals surface area contributed by atoms with Crippen LogP contribution in [0.4, 0.5) is 0 Å². The van der Waals surface area contributed by atoms with Crippen LogP contribution in [0.2, 0.25) is 0 Å². The van der Waals surface area contributed by atoms with Crippen molar-refractivity contribution in [3.63, 3.8) is 0 Å². The summed E-state index contributed by atoms with van der Waals surface area (Å²) in [4.78, 5) is 0. The summed E-state index contributed by atoms with van der Waals surface area (Å²) in [6, 6.07) is 0. The Bertz CT molecular complexity index is 217. The van der Waals surface area contributed by atoms with E-state index in [2.05, 4.69) is 0 Å². The average Bonchev–Trinajstić information content (AvgIpc) is 2.83. The summed E-state index contributed by atoms with van der Waals surface area (Å²) in [5, 5.41) is 0. The second-order valence-electron chi connectivity index (χ2n) is 6.54. The van der Waals surface area contributed by atoms with Crippen LogP contribution in [0, 0.1) is 17.8 Å². The van der Waals surface area contributed by atoms with Crippen molar-refractivity contribution in [2.75, 3.05) is 0 Å². The van der Waals surface area contributed by atoms with E-state index in [9.17, 15) is 0 Å². The van der Waals surface area contributed by atoms with Gasteiger partial charge in [0, 0.05) is 5.54 Å². The minimum Gasteiger partial charge on any atom is -0.325 e. The van der Waals surface area contributed by atoms with Gasteiger partial charge in [-0.25, -0.2) is 0 Å². The molecule has 3 aliphatic rings. The zero-order valence-electron chi connectivity index (χ0n) is 9.88. The lowest BCUT2D eigenvalue weighted by molar-refractivity contribution is 0.277. The molecule has 86 valence electrons. The molecule has 15 heavy (non-hydrogen) atoms. The van der Waals surface area contributed by atoms with Gasteiger partial charge in [-0.05, 0) is 56.3 Å². The Morgan fingerprint density at radius 3 is 2.13 bits per heavy atom. The van der Waals surface area contributed by atoms with Gasteiger partial charge in [0.1, 0.15) is 0 Å². The molecule has 2 unspecified atom stereocenters. The molecule has 0 spiro atoms. The highest BCUT2D eigenvalue weighted by molar-refractivity contribution is 4.99. The molecule has 0 saturated heterocycles. The van der Waals surface area contributed by atoms with Crippen molar-refractivity contribution in [3.05, 3.63) is 0 Å². The van der Waals surface area contributed by atoms with Crippen LogP contribution >= 0.6 is 0 Å². The minimum atomic E-state index is 0.299. The van der Waals surface area contributed by atoms with Crippen LogP contribution in [0.3, 0.4) is 0 Å². The third kappa shape index (κ3) is 2.22. The van der Waals surface area contributed by atoms with Gasteiger partial charge in [0.2, 0.25) is 0 Å². The van der Waals surface area contributed by atoms with Gasteiger partial charge in [0.15, 0.2) is 0 Å². The van der Waals surface area contributed by atoms with E-state index in [0.717, 1.165) is 17.8 Å². The fourth-order valence-electron chi connectivity index (χ4n) is 4.00. The Hall–Kier alpha value is -0.0400. The lowest BCUT2D eigenvalue weighted by Gasteiger charge is -2.24. The molecule has 0 heterocycles. The lowest BCUT2D eigenvalue weighted by atomic mass is 9.82. The standard InChI is InChI=1S/C14H25N/c15-14(7-8-14)6-5-11-9-12-3-1-2-4-13(12)10-11/h11-13H,1-10,15H2. The molecule has 0 bridgehead atoms. The van der Waals surface area contributed by atoms with Gasteiger partial charge in [-0.1, -0.05) is 25.7 Å². The molecule has 0 aromatic rings. The zero-order chi connectivity index (χ0) is 10.3. The highest BCUT2D eigenvalue weighted by atomic mass is 14.8. The molecule has 0 radical (unpaired) electrons. The Balaban J connectivity index is 1.47. The topological polar surface area (TPSA) is 26.0 Å². The van der Waals surface area contributed by atoms with Crippen molar-refractivity contribution < 1.29 is 0 Å². The van der Waals surface area contributed by atoms with E-state index in [-0.39, 0.29) is 0 Å². The van der Waals surface area contributed by atoms with E-state index < -0.39 is 0 Å². The van der Waals surface area contributed by atoms with Crippen molar-refractivity contribution in [3.8, 4) is 0 Å². The summed E-state index contributed by atoms with van der Waals surface area (Å²) in [5.74, 6) is 3.26. The highest BCUT2D eigenvalue weighted by Gasteiger charge is 2.40. The summed E-state index contributed by atoms with van der Waals surface area (Å²) >= 11 is 0. The molecule has 0 aromatic heterocycles. The van der Waals surface area contributed by atoms with Crippen LogP contribution in [0.1, 0.15) is 64.2 Å². The largest absolute Gasteiger partial charge is 0.325 e. The number of hydrogen-bond donors (Lipinski definition) is 1. The van der Waals surface area contributed by atoms with Crippen molar-refractivity contribution in [2.45, 2.75) is 69.7 Å². The Morgan fingerprint density at radius 2 is 1.60 bits per heavy atom. The van der Waals surface area contributed by atoms with Crippen molar-refractivity contribution >= 4 is 0 Å². The molecule has 0 amide bonds. The fourth-order valence-corrected chi connectivity index (χ4v) is 4.00. The summed E-state index contributed by atoms with van der Waals surface area (Å²) in [6.07, 6.45) is 14.5. The molecule has 0 aliphatic heterocycles. The average molecular weight is 207 g/mol. The predicted octanol–water partition coefficient (Wildman–Crippen LogP) is 3.47.